The summed E-state index contributed by atoms with van der Waals surface area (Å²) in [5.74, 6) is 0. The van der Waals surface area contributed by atoms with Gasteiger partial charge in [0.25, 0.3) is 0 Å². The summed E-state index contributed by atoms with van der Waals surface area (Å²) in [6.45, 7) is 7.78. The third-order valence-corrected chi connectivity index (χ3v) is 2.08. The van der Waals surface area contributed by atoms with E-state index in [2.05, 4.69) is 18.7 Å². The summed E-state index contributed by atoms with van der Waals surface area (Å²) < 4.78 is 0. The molecule has 0 unspecified atom stereocenters. The Balaban J connectivity index is 0.00000169. The van der Waals surface area contributed by atoms with Gasteiger partial charge in [0.1, 0.15) is 0 Å². The lowest BCUT2D eigenvalue weighted by Crippen LogP contribution is -2.29. The molecule has 0 aliphatic rings. The van der Waals surface area contributed by atoms with E-state index in [9.17, 15) is 0 Å². The molecule has 0 saturated heterocycles. The standard InChI is InChI=1S/C12H17N.BrH/c1-4-7-10-8-5-6-9-11(10)12(2,3)13;/h4-6,8-9H,1,7,13H2,2-3H3;1H. The van der Waals surface area contributed by atoms with Gasteiger partial charge in [-0.1, -0.05) is 30.3 Å². The smallest absolute Gasteiger partial charge is 0.0355 e. The van der Waals surface area contributed by atoms with E-state index in [0.29, 0.717) is 0 Å². The summed E-state index contributed by atoms with van der Waals surface area (Å²) >= 11 is 0. The maximum absolute atomic E-state index is 6.05. The van der Waals surface area contributed by atoms with E-state index < -0.39 is 0 Å². The summed E-state index contributed by atoms with van der Waals surface area (Å²) in [4.78, 5) is 0. The Morgan fingerprint density at radius 3 is 2.43 bits per heavy atom. The minimum Gasteiger partial charge on any atom is -0.322 e. The molecule has 0 aliphatic carbocycles. The Morgan fingerprint density at radius 1 is 1.36 bits per heavy atom. The predicted octanol–water partition coefficient (Wildman–Crippen LogP) is 3.19. The van der Waals surface area contributed by atoms with Gasteiger partial charge in [-0.2, -0.15) is 0 Å². The quantitative estimate of drug-likeness (QED) is 0.826. The van der Waals surface area contributed by atoms with Crippen molar-refractivity contribution in [1.82, 2.24) is 0 Å². The Hall–Kier alpha value is -0.600. The van der Waals surface area contributed by atoms with Crippen LogP contribution in [0.25, 0.3) is 0 Å². The molecule has 0 heterocycles. The molecule has 0 saturated carbocycles. The Bertz CT molecular complexity index is 299. The number of rotatable bonds is 3. The van der Waals surface area contributed by atoms with Crippen molar-refractivity contribution in [1.29, 1.82) is 0 Å². The molecule has 0 aliphatic heterocycles. The first-order valence-corrected chi connectivity index (χ1v) is 4.54. The highest BCUT2D eigenvalue weighted by Gasteiger charge is 2.16. The van der Waals surface area contributed by atoms with E-state index in [0.717, 1.165) is 6.42 Å². The first kappa shape index (κ1) is 13.4. The van der Waals surface area contributed by atoms with E-state index >= 15 is 0 Å². The van der Waals surface area contributed by atoms with E-state index in [1.165, 1.54) is 11.1 Å². The van der Waals surface area contributed by atoms with Crippen molar-refractivity contribution < 1.29 is 0 Å². The fourth-order valence-corrected chi connectivity index (χ4v) is 1.48. The summed E-state index contributed by atoms with van der Waals surface area (Å²) in [7, 11) is 0. The maximum Gasteiger partial charge on any atom is 0.0355 e. The normalized spacial score (nSPS) is 10.5. The van der Waals surface area contributed by atoms with Crippen LogP contribution in [-0.2, 0) is 12.0 Å². The van der Waals surface area contributed by atoms with Crippen LogP contribution in [0.4, 0.5) is 0 Å². The molecule has 0 aromatic heterocycles. The van der Waals surface area contributed by atoms with Crippen LogP contribution in [0.2, 0.25) is 0 Å². The lowest BCUT2D eigenvalue weighted by atomic mass is 9.90. The molecular weight excluding hydrogens is 238 g/mol. The van der Waals surface area contributed by atoms with Gasteiger partial charge in [0.05, 0.1) is 0 Å². The largest absolute Gasteiger partial charge is 0.322 e. The third-order valence-electron chi connectivity index (χ3n) is 2.08. The van der Waals surface area contributed by atoms with Crippen molar-refractivity contribution in [2.45, 2.75) is 25.8 Å². The van der Waals surface area contributed by atoms with Crippen molar-refractivity contribution >= 4 is 17.0 Å². The SMILES string of the molecule is Br.C=CCc1ccccc1C(C)(C)N. The van der Waals surface area contributed by atoms with Gasteiger partial charge < -0.3 is 5.73 Å². The Kier molecular flexibility index (Phi) is 5.09. The predicted molar refractivity (Wildman–Crippen MR) is 67.9 cm³/mol. The van der Waals surface area contributed by atoms with E-state index in [1.54, 1.807) is 0 Å². The summed E-state index contributed by atoms with van der Waals surface area (Å²) in [5, 5.41) is 0. The van der Waals surface area contributed by atoms with Crippen molar-refractivity contribution in [3.63, 3.8) is 0 Å². The maximum atomic E-state index is 6.05. The lowest BCUT2D eigenvalue weighted by Gasteiger charge is -2.22. The molecule has 0 bridgehead atoms. The number of allylic oxidation sites excluding steroid dienone is 1. The molecule has 0 atom stereocenters. The van der Waals surface area contributed by atoms with Crippen molar-refractivity contribution in [2.75, 3.05) is 0 Å². The molecule has 78 valence electrons. The molecule has 1 aromatic carbocycles. The second kappa shape index (κ2) is 5.32. The zero-order valence-corrected chi connectivity index (χ0v) is 10.5. The van der Waals surface area contributed by atoms with Crippen LogP contribution in [-0.4, -0.2) is 0 Å². The van der Waals surface area contributed by atoms with E-state index in [4.69, 9.17) is 5.73 Å². The van der Waals surface area contributed by atoms with Crippen LogP contribution in [0.3, 0.4) is 0 Å². The number of nitrogens with two attached hydrogens (primary N) is 1. The van der Waals surface area contributed by atoms with Crippen LogP contribution >= 0.6 is 17.0 Å². The van der Waals surface area contributed by atoms with Crippen LogP contribution in [0.15, 0.2) is 36.9 Å². The van der Waals surface area contributed by atoms with Gasteiger partial charge in [-0.15, -0.1) is 23.6 Å². The molecule has 14 heavy (non-hydrogen) atoms. The van der Waals surface area contributed by atoms with Gasteiger partial charge in [-0.3, -0.25) is 0 Å². The van der Waals surface area contributed by atoms with Crippen LogP contribution < -0.4 is 5.73 Å². The summed E-state index contributed by atoms with van der Waals surface area (Å²) in [6.07, 6.45) is 2.79. The fraction of sp³-hybridized carbons (Fsp3) is 0.333. The first-order valence-electron chi connectivity index (χ1n) is 4.54. The molecular formula is C12H18BrN. The van der Waals surface area contributed by atoms with Gasteiger partial charge in [0.2, 0.25) is 0 Å². The minimum atomic E-state index is -0.264. The van der Waals surface area contributed by atoms with Crippen molar-refractivity contribution in [3.05, 3.63) is 48.0 Å². The number of halogens is 1. The lowest BCUT2D eigenvalue weighted by molar-refractivity contribution is 0.549. The number of benzene rings is 1. The second-order valence-electron chi connectivity index (χ2n) is 3.87. The van der Waals surface area contributed by atoms with Gasteiger partial charge in [0.15, 0.2) is 0 Å². The highest BCUT2D eigenvalue weighted by atomic mass is 79.9. The molecule has 0 amide bonds. The molecule has 2 N–H and O–H groups in total. The molecule has 1 rings (SSSR count). The van der Waals surface area contributed by atoms with Gasteiger partial charge >= 0.3 is 0 Å². The molecule has 1 nitrogen and oxygen atoms in total. The average Bonchev–Trinajstić information content (AvgIpc) is 2.04. The molecule has 1 aromatic rings. The van der Waals surface area contributed by atoms with Crippen LogP contribution in [0.1, 0.15) is 25.0 Å². The molecule has 0 fully saturated rings. The number of hydrogen-bond acceptors (Lipinski definition) is 1. The topological polar surface area (TPSA) is 26.0 Å². The molecule has 2 heteroatoms. The zero-order chi connectivity index (χ0) is 9.90. The van der Waals surface area contributed by atoms with Crippen molar-refractivity contribution in [2.24, 2.45) is 5.73 Å². The van der Waals surface area contributed by atoms with Gasteiger partial charge in [-0.05, 0) is 31.4 Å². The molecule has 0 radical (unpaired) electrons. The fourth-order valence-electron chi connectivity index (χ4n) is 1.48. The zero-order valence-electron chi connectivity index (χ0n) is 8.79. The van der Waals surface area contributed by atoms with Crippen LogP contribution in [0, 0.1) is 0 Å². The van der Waals surface area contributed by atoms with E-state index in [1.807, 2.05) is 32.1 Å². The monoisotopic (exact) mass is 255 g/mol. The molecule has 0 spiro atoms. The average molecular weight is 256 g/mol. The van der Waals surface area contributed by atoms with Gasteiger partial charge in [-0.25, -0.2) is 0 Å². The first-order chi connectivity index (χ1) is 6.05. The van der Waals surface area contributed by atoms with Crippen molar-refractivity contribution in [3.8, 4) is 0 Å². The highest BCUT2D eigenvalue weighted by Crippen LogP contribution is 2.21. The highest BCUT2D eigenvalue weighted by molar-refractivity contribution is 8.93. The van der Waals surface area contributed by atoms with Gasteiger partial charge in [0, 0.05) is 5.54 Å². The number of hydrogen-bond donors (Lipinski definition) is 1. The summed E-state index contributed by atoms with van der Waals surface area (Å²) in [6, 6.07) is 8.25. The minimum absolute atomic E-state index is 0. The third kappa shape index (κ3) is 3.28. The van der Waals surface area contributed by atoms with E-state index in [-0.39, 0.29) is 22.5 Å². The second-order valence-corrected chi connectivity index (χ2v) is 3.87. The van der Waals surface area contributed by atoms with Crippen LogP contribution in [0.5, 0.6) is 0 Å². The Morgan fingerprint density at radius 2 is 1.93 bits per heavy atom. The summed E-state index contributed by atoms with van der Waals surface area (Å²) in [5.41, 5.74) is 8.26. The Labute approximate surface area is 96.8 Å².